The Morgan fingerprint density at radius 2 is 2.10 bits per heavy atom. The summed E-state index contributed by atoms with van der Waals surface area (Å²) < 4.78 is 0. The number of hydrogen-bond acceptors (Lipinski definition) is 2. The summed E-state index contributed by atoms with van der Waals surface area (Å²) in [4.78, 5) is 3.93. The van der Waals surface area contributed by atoms with Gasteiger partial charge in [-0.15, -0.1) is 0 Å². The summed E-state index contributed by atoms with van der Waals surface area (Å²) in [6.45, 7) is 8.90. The van der Waals surface area contributed by atoms with Crippen LogP contribution >= 0.6 is 0 Å². The van der Waals surface area contributed by atoms with Gasteiger partial charge in [0.2, 0.25) is 0 Å². The molecule has 0 spiro atoms. The van der Waals surface area contributed by atoms with Crippen LogP contribution in [0.15, 0.2) is 42.2 Å². The average molecular weight is 136 g/mol. The second-order valence-corrected chi connectivity index (χ2v) is 1.75. The molecule has 0 amide bonds. The third-order valence-corrected chi connectivity index (χ3v) is 1.08. The predicted molar refractivity (Wildman–Crippen MR) is 45.8 cm³/mol. The maximum Gasteiger partial charge on any atom is 0.0666 e. The van der Waals surface area contributed by atoms with E-state index in [1.807, 2.05) is 6.92 Å². The summed E-state index contributed by atoms with van der Waals surface area (Å²) >= 11 is 0. The lowest BCUT2D eigenvalue weighted by atomic mass is 10.2. The fraction of sp³-hybridized carbons (Fsp3) is 0.125. The zero-order valence-electron chi connectivity index (χ0n) is 6.17. The molecule has 0 bridgehead atoms. The van der Waals surface area contributed by atoms with Crippen molar-refractivity contribution in [3.8, 4) is 0 Å². The zero-order chi connectivity index (χ0) is 7.98. The second kappa shape index (κ2) is 4.56. The first-order valence-corrected chi connectivity index (χ1v) is 2.96. The highest BCUT2D eigenvalue weighted by Gasteiger charge is 1.91. The van der Waals surface area contributed by atoms with Crippen LogP contribution in [0.3, 0.4) is 0 Å². The van der Waals surface area contributed by atoms with E-state index >= 15 is 0 Å². The van der Waals surface area contributed by atoms with E-state index in [1.54, 1.807) is 6.08 Å². The van der Waals surface area contributed by atoms with Crippen LogP contribution in [0.5, 0.6) is 0 Å². The van der Waals surface area contributed by atoms with Gasteiger partial charge in [-0.3, -0.25) is 4.99 Å². The van der Waals surface area contributed by atoms with Crippen LogP contribution in [0.2, 0.25) is 0 Å². The Labute approximate surface area is 61.5 Å². The summed E-state index contributed by atoms with van der Waals surface area (Å²) in [5.41, 5.74) is 6.91. The minimum absolute atomic E-state index is 0.762. The van der Waals surface area contributed by atoms with Crippen molar-refractivity contribution in [3.63, 3.8) is 0 Å². The first kappa shape index (κ1) is 8.69. The van der Waals surface area contributed by atoms with Crippen molar-refractivity contribution in [1.29, 1.82) is 0 Å². The number of nitrogens with two attached hydrogens (primary N) is 1. The number of hydrogen-bond donors (Lipinski definition) is 1. The topological polar surface area (TPSA) is 38.4 Å². The fourth-order valence-corrected chi connectivity index (χ4v) is 0.499. The lowest BCUT2D eigenvalue weighted by Gasteiger charge is -1.95. The van der Waals surface area contributed by atoms with Gasteiger partial charge in [0.1, 0.15) is 0 Å². The highest BCUT2D eigenvalue weighted by Crippen LogP contribution is 1.95. The van der Waals surface area contributed by atoms with E-state index in [4.69, 9.17) is 5.73 Å². The Kier molecular flexibility index (Phi) is 3.96. The molecule has 0 aromatic heterocycles. The molecule has 0 saturated heterocycles. The van der Waals surface area contributed by atoms with E-state index in [0.29, 0.717) is 0 Å². The monoisotopic (exact) mass is 136 g/mol. The van der Waals surface area contributed by atoms with E-state index in [9.17, 15) is 0 Å². The van der Waals surface area contributed by atoms with Crippen molar-refractivity contribution in [2.75, 3.05) is 0 Å². The summed E-state index contributed by atoms with van der Waals surface area (Å²) in [5.74, 6) is 0. The lowest BCUT2D eigenvalue weighted by Crippen LogP contribution is -1.97. The van der Waals surface area contributed by atoms with Gasteiger partial charge in [-0.05, 0) is 24.8 Å². The van der Waals surface area contributed by atoms with Gasteiger partial charge in [-0.25, -0.2) is 0 Å². The van der Waals surface area contributed by atoms with E-state index in [-0.39, 0.29) is 0 Å². The Balaban J connectivity index is 4.51. The van der Waals surface area contributed by atoms with Crippen LogP contribution in [0, 0.1) is 0 Å². The van der Waals surface area contributed by atoms with Gasteiger partial charge < -0.3 is 5.73 Å². The van der Waals surface area contributed by atoms with Crippen LogP contribution in [0.1, 0.15) is 6.92 Å². The summed E-state index contributed by atoms with van der Waals surface area (Å²) in [6, 6.07) is 0. The maximum absolute atomic E-state index is 5.25. The van der Waals surface area contributed by atoms with Gasteiger partial charge in [0.15, 0.2) is 0 Å². The first-order valence-electron chi connectivity index (χ1n) is 2.96. The Morgan fingerprint density at radius 3 is 2.40 bits per heavy atom. The van der Waals surface area contributed by atoms with Crippen molar-refractivity contribution in [1.82, 2.24) is 0 Å². The van der Waals surface area contributed by atoms with Crippen LogP contribution in [-0.4, -0.2) is 5.71 Å². The largest absolute Gasteiger partial charge is 0.404 e. The van der Waals surface area contributed by atoms with E-state index in [2.05, 4.69) is 18.2 Å². The van der Waals surface area contributed by atoms with Gasteiger partial charge in [0.05, 0.1) is 5.71 Å². The molecule has 0 aromatic rings. The van der Waals surface area contributed by atoms with Gasteiger partial charge >= 0.3 is 0 Å². The van der Waals surface area contributed by atoms with Crippen molar-refractivity contribution in [2.24, 2.45) is 10.7 Å². The maximum atomic E-state index is 5.25. The molecule has 0 aliphatic rings. The molecular weight excluding hydrogens is 124 g/mol. The molecule has 0 aliphatic carbocycles. The van der Waals surface area contributed by atoms with E-state index in [1.165, 1.54) is 12.4 Å². The van der Waals surface area contributed by atoms with Crippen LogP contribution in [0.25, 0.3) is 0 Å². The summed E-state index contributed by atoms with van der Waals surface area (Å²) in [7, 11) is 0. The molecule has 2 N–H and O–H groups in total. The van der Waals surface area contributed by atoms with Crippen molar-refractivity contribution >= 4 is 5.71 Å². The highest BCUT2D eigenvalue weighted by molar-refractivity contribution is 6.07. The molecule has 0 atom stereocenters. The molecule has 0 fully saturated rings. The first-order chi connectivity index (χ1) is 4.76. The SMILES string of the molecule is C=CN=C(C=C)/C(C)=C\N. The van der Waals surface area contributed by atoms with Gasteiger partial charge in [-0.1, -0.05) is 13.2 Å². The molecule has 0 unspecified atom stereocenters. The Morgan fingerprint density at radius 1 is 1.50 bits per heavy atom. The smallest absolute Gasteiger partial charge is 0.0666 e. The Hall–Kier alpha value is -1.31. The molecule has 2 nitrogen and oxygen atoms in total. The molecule has 0 aromatic carbocycles. The molecule has 0 aliphatic heterocycles. The molecule has 54 valence electrons. The normalized spacial score (nSPS) is 12.9. The fourth-order valence-electron chi connectivity index (χ4n) is 0.499. The minimum atomic E-state index is 0.762. The van der Waals surface area contributed by atoms with Gasteiger partial charge in [0.25, 0.3) is 0 Å². The average Bonchev–Trinajstić information content (AvgIpc) is 1.99. The van der Waals surface area contributed by atoms with Gasteiger partial charge in [0, 0.05) is 6.20 Å². The molecule has 0 heterocycles. The lowest BCUT2D eigenvalue weighted by molar-refractivity contribution is 1.44. The molecular formula is C8H12N2. The van der Waals surface area contributed by atoms with E-state index in [0.717, 1.165) is 11.3 Å². The summed E-state index contributed by atoms with van der Waals surface area (Å²) in [5, 5.41) is 0. The minimum Gasteiger partial charge on any atom is -0.404 e. The van der Waals surface area contributed by atoms with Crippen LogP contribution in [0.4, 0.5) is 0 Å². The quantitative estimate of drug-likeness (QED) is 0.588. The van der Waals surface area contributed by atoms with E-state index < -0.39 is 0 Å². The standard InChI is InChI=1S/C8H12N2/c1-4-8(10-5-2)7(3)6-9/h4-6H,1-2,9H2,3H3/b7-6-,10-8?. The van der Waals surface area contributed by atoms with Gasteiger partial charge in [-0.2, -0.15) is 0 Å². The van der Waals surface area contributed by atoms with Crippen molar-refractivity contribution in [3.05, 3.63) is 37.2 Å². The number of rotatable bonds is 3. The predicted octanol–water partition coefficient (Wildman–Crippen LogP) is 1.62. The summed E-state index contributed by atoms with van der Waals surface area (Å²) in [6.07, 6.45) is 4.59. The zero-order valence-corrected chi connectivity index (χ0v) is 6.17. The second-order valence-electron chi connectivity index (χ2n) is 1.75. The third-order valence-electron chi connectivity index (χ3n) is 1.08. The third kappa shape index (κ3) is 2.31. The van der Waals surface area contributed by atoms with Crippen molar-refractivity contribution < 1.29 is 0 Å². The van der Waals surface area contributed by atoms with Crippen LogP contribution < -0.4 is 5.73 Å². The van der Waals surface area contributed by atoms with Crippen LogP contribution in [-0.2, 0) is 0 Å². The molecule has 2 heteroatoms. The number of allylic oxidation sites excluding steroid dienone is 2. The number of nitrogens with zero attached hydrogens (tertiary/aromatic N) is 1. The number of aliphatic imine (C=N–C) groups is 1. The molecule has 0 radical (unpaired) electrons. The highest BCUT2D eigenvalue weighted by atomic mass is 14.7. The molecule has 0 saturated carbocycles. The molecule has 10 heavy (non-hydrogen) atoms. The van der Waals surface area contributed by atoms with Crippen molar-refractivity contribution in [2.45, 2.75) is 6.92 Å². The Bertz CT molecular complexity index is 187. The molecule has 0 rings (SSSR count).